The summed E-state index contributed by atoms with van der Waals surface area (Å²) in [5.74, 6) is 0.656. The van der Waals surface area contributed by atoms with Gasteiger partial charge in [0.05, 0.1) is 35.1 Å². The van der Waals surface area contributed by atoms with Crippen molar-refractivity contribution in [2.45, 2.75) is 37.8 Å². The van der Waals surface area contributed by atoms with Gasteiger partial charge in [-0.15, -0.1) is 11.3 Å². The minimum Gasteiger partial charge on any atom is -0.382 e. The lowest BCUT2D eigenvalue weighted by molar-refractivity contribution is -0.00408. The number of ether oxygens (including phenoxy) is 2. The third-order valence-electron chi connectivity index (χ3n) is 5.06. The van der Waals surface area contributed by atoms with Gasteiger partial charge in [0.25, 0.3) is 5.91 Å². The number of carbonyl (C=O) groups is 1. The Morgan fingerprint density at radius 2 is 2.18 bits per heavy atom. The Morgan fingerprint density at radius 1 is 1.32 bits per heavy atom. The minimum atomic E-state index is -0.0417. The lowest BCUT2D eigenvalue weighted by Crippen LogP contribution is -2.39. The zero-order valence-corrected chi connectivity index (χ0v) is 16.7. The van der Waals surface area contributed by atoms with E-state index in [1.54, 1.807) is 31.0 Å². The van der Waals surface area contributed by atoms with Crippen LogP contribution in [0.3, 0.4) is 0 Å². The van der Waals surface area contributed by atoms with Gasteiger partial charge in [-0.05, 0) is 43.2 Å². The molecule has 1 aliphatic rings. The number of nitrogens with zero attached hydrogens (tertiary/aromatic N) is 3. The number of amides is 1. The molecule has 0 saturated heterocycles. The standard InChI is InChI=1S/C20H24N4O3S/c1-26-9-10-27-15-4-2-14(3-5-15)22-20(25)16-12-18(24-8-7-21-13-24)23-17-6-11-28-19(16)17/h6-8,11-15H,2-5,9-10H2,1H3,(H,22,25). The highest BCUT2D eigenvalue weighted by Crippen LogP contribution is 2.27. The van der Waals surface area contributed by atoms with Crippen molar-refractivity contribution in [2.24, 2.45) is 0 Å². The van der Waals surface area contributed by atoms with Crippen LogP contribution in [-0.4, -0.2) is 52.9 Å². The second kappa shape index (κ2) is 8.81. The molecule has 0 aromatic carbocycles. The molecule has 1 amide bonds. The Morgan fingerprint density at radius 3 is 2.93 bits per heavy atom. The fourth-order valence-corrected chi connectivity index (χ4v) is 4.42. The second-order valence-electron chi connectivity index (χ2n) is 6.94. The molecule has 0 unspecified atom stereocenters. The first kappa shape index (κ1) is 19.0. The van der Waals surface area contributed by atoms with E-state index in [1.165, 1.54) is 0 Å². The number of rotatable bonds is 7. The van der Waals surface area contributed by atoms with Gasteiger partial charge >= 0.3 is 0 Å². The molecule has 0 atom stereocenters. The van der Waals surface area contributed by atoms with Crippen LogP contribution in [0.25, 0.3) is 16.0 Å². The summed E-state index contributed by atoms with van der Waals surface area (Å²) >= 11 is 1.54. The average molecular weight is 401 g/mol. The fraction of sp³-hybridized carbons (Fsp3) is 0.450. The van der Waals surface area contributed by atoms with Crippen LogP contribution in [0.2, 0.25) is 0 Å². The second-order valence-corrected chi connectivity index (χ2v) is 7.86. The van der Waals surface area contributed by atoms with Crippen molar-refractivity contribution in [1.82, 2.24) is 19.9 Å². The van der Waals surface area contributed by atoms with Gasteiger partial charge in [-0.25, -0.2) is 9.97 Å². The number of nitrogens with one attached hydrogen (secondary N) is 1. The van der Waals surface area contributed by atoms with E-state index in [1.807, 2.05) is 28.3 Å². The Balaban J connectivity index is 1.44. The van der Waals surface area contributed by atoms with Crippen LogP contribution in [0.5, 0.6) is 0 Å². The van der Waals surface area contributed by atoms with E-state index in [4.69, 9.17) is 9.47 Å². The molecule has 0 radical (unpaired) electrons. The largest absolute Gasteiger partial charge is 0.382 e. The smallest absolute Gasteiger partial charge is 0.253 e. The van der Waals surface area contributed by atoms with Gasteiger partial charge in [-0.1, -0.05) is 0 Å². The first-order valence-electron chi connectivity index (χ1n) is 9.52. The van der Waals surface area contributed by atoms with E-state index in [2.05, 4.69) is 15.3 Å². The minimum absolute atomic E-state index is 0.0417. The molecule has 0 aliphatic heterocycles. The topological polar surface area (TPSA) is 78.3 Å². The molecule has 148 valence electrons. The van der Waals surface area contributed by atoms with Crippen LogP contribution in [0.1, 0.15) is 36.0 Å². The SMILES string of the molecule is COCCOC1CCC(NC(=O)c2cc(-n3ccnc3)nc3ccsc23)CC1. The van der Waals surface area contributed by atoms with E-state index in [9.17, 15) is 4.79 Å². The monoisotopic (exact) mass is 400 g/mol. The molecule has 1 saturated carbocycles. The van der Waals surface area contributed by atoms with Gasteiger partial charge in [-0.3, -0.25) is 9.36 Å². The number of pyridine rings is 1. The first-order valence-corrected chi connectivity index (χ1v) is 10.4. The number of thiophene rings is 1. The normalized spacial score (nSPS) is 19.8. The molecule has 3 heterocycles. The van der Waals surface area contributed by atoms with E-state index in [-0.39, 0.29) is 18.1 Å². The predicted octanol–water partition coefficient (Wildman–Crippen LogP) is 3.19. The third-order valence-corrected chi connectivity index (χ3v) is 6.00. The quantitative estimate of drug-likeness (QED) is 0.616. The van der Waals surface area contributed by atoms with Crippen molar-refractivity contribution in [3.63, 3.8) is 0 Å². The Kier molecular flexibility index (Phi) is 5.99. The summed E-state index contributed by atoms with van der Waals surface area (Å²) < 4.78 is 13.6. The van der Waals surface area contributed by atoms with Gasteiger partial charge in [0.15, 0.2) is 0 Å². The summed E-state index contributed by atoms with van der Waals surface area (Å²) in [6.45, 7) is 1.25. The van der Waals surface area contributed by atoms with Gasteiger partial charge in [0, 0.05) is 25.5 Å². The lowest BCUT2D eigenvalue weighted by atomic mass is 9.92. The highest BCUT2D eigenvalue weighted by atomic mass is 32.1. The molecular formula is C20H24N4O3S. The molecule has 3 aromatic rings. The third kappa shape index (κ3) is 4.24. The number of imidazole rings is 1. The molecule has 28 heavy (non-hydrogen) atoms. The van der Waals surface area contributed by atoms with Gasteiger partial charge in [-0.2, -0.15) is 0 Å². The zero-order valence-electron chi connectivity index (χ0n) is 15.8. The Hall–Kier alpha value is -2.29. The van der Waals surface area contributed by atoms with Crippen LogP contribution in [0.4, 0.5) is 0 Å². The highest BCUT2D eigenvalue weighted by molar-refractivity contribution is 7.17. The summed E-state index contributed by atoms with van der Waals surface area (Å²) in [7, 11) is 1.68. The van der Waals surface area contributed by atoms with Crippen molar-refractivity contribution in [2.75, 3.05) is 20.3 Å². The molecule has 1 N–H and O–H groups in total. The number of aromatic nitrogens is 3. The van der Waals surface area contributed by atoms with Crippen LogP contribution in [-0.2, 0) is 9.47 Å². The van der Waals surface area contributed by atoms with Gasteiger partial charge in [0.1, 0.15) is 12.1 Å². The number of hydrogen-bond acceptors (Lipinski definition) is 6. The average Bonchev–Trinajstić information content (AvgIpc) is 3.40. The summed E-state index contributed by atoms with van der Waals surface area (Å²) in [5.41, 5.74) is 1.50. The summed E-state index contributed by atoms with van der Waals surface area (Å²) in [5, 5.41) is 5.18. The molecule has 0 spiro atoms. The maximum atomic E-state index is 13.0. The Labute approximate surface area is 167 Å². The van der Waals surface area contributed by atoms with Crippen molar-refractivity contribution < 1.29 is 14.3 Å². The molecule has 8 heteroatoms. The maximum Gasteiger partial charge on any atom is 0.253 e. The number of fused-ring (bicyclic) bond motifs is 1. The molecule has 1 fully saturated rings. The summed E-state index contributed by atoms with van der Waals surface area (Å²) in [4.78, 5) is 21.7. The zero-order chi connectivity index (χ0) is 19.3. The fourth-order valence-electron chi connectivity index (χ4n) is 3.57. The molecule has 0 bridgehead atoms. The molecule has 7 nitrogen and oxygen atoms in total. The first-order chi connectivity index (χ1) is 13.7. The molecule has 3 aromatic heterocycles. The van der Waals surface area contributed by atoms with E-state index < -0.39 is 0 Å². The van der Waals surface area contributed by atoms with Crippen molar-refractivity contribution in [3.8, 4) is 5.82 Å². The molecular weight excluding hydrogens is 376 g/mol. The van der Waals surface area contributed by atoms with Crippen molar-refractivity contribution in [1.29, 1.82) is 0 Å². The summed E-state index contributed by atoms with van der Waals surface area (Å²) in [6, 6.07) is 3.96. The van der Waals surface area contributed by atoms with Crippen molar-refractivity contribution >= 4 is 27.5 Å². The van der Waals surface area contributed by atoms with Crippen LogP contribution in [0, 0.1) is 0 Å². The summed E-state index contributed by atoms with van der Waals surface area (Å²) in [6.07, 6.45) is 9.25. The number of methoxy groups -OCH3 is 1. The molecule has 1 aliphatic carbocycles. The number of hydrogen-bond donors (Lipinski definition) is 1. The van der Waals surface area contributed by atoms with Gasteiger partial charge < -0.3 is 14.8 Å². The van der Waals surface area contributed by atoms with Crippen LogP contribution >= 0.6 is 11.3 Å². The maximum absolute atomic E-state index is 13.0. The number of carbonyl (C=O) groups excluding carboxylic acids is 1. The lowest BCUT2D eigenvalue weighted by Gasteiger charge is -2.29. The van der Waals surface area contributed by atoms with Crippen LogP contribution in [0.15, 0.2) is 36.2 Å². The van der Waals surface area contributed by atoms with E-state index in [0.717, 1.165) is 35.9 Å². The predicted molar refractivity (Wildman–Crippen MR) is 108 cm³/mol. The highest BCUT2D eigenvalue weighted by Gasteiger charge is 2.24. The van der Waals surface area contributed by atoms with Gasteiger partial charge in [0.2, 0.25) is 0 Å². The Bertz CT molecular complexity index is 917. The van der Waals surface area contributed by atoms with E-state index in [0.29, 0.717) is 24.6 Å². The molecule has 4 rings (SSSR count). The van der Waals surface area contributed by atoms with Crippen LogP contribution < -0.4 is 5.32 Å². The van der Waals surface area contributed by atoms with E-state index >= 15 is 0 Å². The van der Waals surface area contributed by atoms with Crippen molar-refractivity contribution in [3.05, 3.63) is 41.8 Å².